The molecule has 2 aromatic heterocycles. The van der Waals surface area contributed by atoms with Crippen molar-refractivity contribution in [2.24, 2.45) is 0 Å². The second-order valence-corrected chi connectivity index (χ2v) is 10.8. The Labute approximate surface area is 233 Å². The van der Waals surface area contributed by atoms with Crippen LogP contribution >= 0.6 is 22.6 Å². The molecular formula is C35H21IN2. The molecule has 6 aromatic carbocycles. The Morgan fingerprint density at radius 3 is 2.18 bits per heavy atom. The summed E-state index contributed by atoms with van der Waals surface area (Å²) in [5, 5.41) is 8.77. The summed E-state index contributed by atoms with van der Waals surface area (Å²) in [5.74, 6) is 0. The Hall–Kier alpha value is -4.22. The Kier molecular flexibility index (Phi) is 4.82. The van der Waals surface area contributed by atoms with Gasteiger partial charge in [-0.25, -0.2) is 0 Å². The van der Waals surface area contributed by atoms with Gasteiger partial charge in [-0.05, 0) is 86.1 Å². The van der Waals surface area contributed by atoms with Gasteiger partial charge in [0.1, 0.15) is 0 Å². The van der Waals surface area contributed by atoms with Gasteiger partial charge in [0.25, 0.3) is 0 Å². The molecule has 0 unspecified atom stereocenters. The van der Waals surface area contributed by atoms with E-state index in [0.29, 0.717) is 0 Å². The molecule has 0 bridgehead atoms. The van der Waals surface area contributed by atoms with Gasteiger partial charge in [-0.1, -0.05) is 84.9 Å². The zero-order valence-electron chi connectivity index (χ0n) is 20.4. The molecule has 0 saturated carbocycles. The highest BCUT2D eigenvalue weighted by molar-refractivity contribution is 14.1. The van der Waals surface area contributed by atoms with Crippen LogP contribution in [0, 0.1) is 3.57 Å². The third-order valence-electron chi connectivity index (χ3n) is 7.68. The van der Waals surface area contributed by atoms with Gasteiger partial charge in [0.05, 0.1) is 16.6 Å². The molecule has 0 aliphatic rings. The second-order valence-electron chi connectivity index (χ2n) is 9.72. The minimum atomic E-state index is 1.05. The third kappa shape index (κ3) is 3.09. The maximum absolute atomic E-state index is 4.87. The fourth-order valence-electron chi connectivity index (χ4n) is 6.05. The molecule has 0 amide bonds. The number of halogens is 1. The predicted octanol–water partition coefficient (Wildman–Crippen LogP) is 9.91. The first kappa shape index (κ1) is 21.8. The van der Waals surface area contributed by atoms with Crippen molar-refractivity contribution in [2.45, 2.75) is 0 Å². The topological polar surface area (TPSA) is 17.8 Å². The van der Waals surface area contributed by atoms with Crippen LogP contribution in [0.3, 0.4) is 0 Å². The summed E-state index contributed by atoms with van der Waals surface area (Å²) >= 11 is 2.50. The highest BCUT2D eigenvalue weighted by Crippen LogP contribution is 2.43. The number of rotatable bonds is 2. The van der Waals surface area contributed by atoms with Crippen molar-refractivity contribution in [3.05, 3.63) is 131 Å². The van der Waals surface area contributed by atoms with Crippen LogP contribution < -0.4 is 0 Å². The number of hydrogen-bond acceptors (Lipinski definition) is 1. The van der Waals surface area contributed by atoms with Crippen molar-refractivity contribution >= 4 is 76.8 Å². The quantitative estimate of drug-likeness (QED) is 0.144. The summed E-state index contributed by atoms with van der Waals surface area (Å²) in [6.07, 6.45) is 1.90. The van der Waals surface area contributed by atoms with Gasteiger partial charge in [-0.2, -0.15) is 0 Å². The first-order valence-corrected chi connectivity index (χ1v) is 13.8. The number of aromatic nitrogens is 2. The van der Waals surface area contributed by atoms with Crippen molar-refractivity contribution in [2.75, 3.05) is 0 Å². The van der Waals surface area contributed by atoms with Gasteiger partial charge in [0, 0.05) is 37.2 Å². The van der Waals surface area contributed by atoms with E-state index in [1.54, 1.807) is 0 Å². The highest BCUT2D eigenvalue weighted by atomic mass is 127. The lowest BCUT2D eigenvalue weighted by atomic mass is 9.91. The lowest BCUT2D eigenvalue weighted by Gasteiger charge is -2.16. The Bertz CT molecular complexity index is 2190. The normalized spacial score (nSPS) is 11.8. The molecule has 0 fully saturated rings. The third-order valence-corrected chi connectivity index (χ3v) is 8.73. The van der Waals surface area contributed by atoms with E-state index in [1.807, 2.05) is 12.3 Å². The van der Waals surface area contributed by atoms with Gasteiger partial charge in [0.15, 0.2) is 0 Å². The van der Waals surface area contributed by atoms with Crippen molar-refractivity contribution in [3.63, 3.8) is 0 Å². The van der Waals surface area contributed by atoms with Crippen LogP contribution in [-0.4, -0.2) is 9.55 Å². The lowest BCUT2D eigenvalue weighted by molar-refractivity contribution is 1.18. The van der Waals surface area contributed by atoms with E-state index < -0.39 is 0 Å². The SMILES string of the molecule is Ic1c(-c2ccc3c(c2)c2ccccc2n3-c2ccccc2)c2ccc3ccccc3c2c2cccnc12. The number of hydrogen-bond donors (Lipinski definition) is 0. The summed E-state index contributed by atoms with van der Waals surface area (Å²) < 4.78 is 3.56. The van der Waals surface area contributed by atoms with E-state index in [0.717, 1.165) is 5.52 Å². The average Bonchev–Trinajstić information content (AvgIpc) is 3.31. The van der Waals surface area contributed by atoms with Gasteiger partial charge in [-0.15, -0.1) is 0 Å². The molecule has 2 nitrogen and oxygen atoms in total. The van der Waals surface area contributed by atoms with E-state index >= 15 is 0 Å². The van der Waals surface area contributed by atoms with Crippen LogP contribution in [0.15, 0.2) is 128 Å². The first-order valence-electron chi connectivity index (χ1n) is 12.8. The molecule has 0 N–H and O–H groups in total. The van der Waals surface area contributed by atoms with E-state index in [1.165, 1.54) is 69.1 Å². The van der Waals surface area contributed by atoms with Crippen LogP contribution in [-0.2, 0) is 0 Å². The Morgan fingerprint density at radius 1 is 0.553 bits per heavy atom. The molecule has 2 heterocycles. The maximum Gasteiger partial charge on any atom is 0.0848 e. The molecule has 3 heteroatoms. The average molecular weight is 596 g/mol. The Balaban J connectivity index is 1.51. The van der Waals surface area contributed by atoms with Gasteiger partial charge < -0.3 is 4.57 Å². The van der Waals surface area contributed by atoms with Crippen LogP contribution in [0.2, 0.25) is 0 Å². The number of pyridine rings is 1. The molecule has 0 saturated heterocycles. The minimum absolute atomic E-state index is 1.05. The molecule has 8 aromatic rings. The molecule has 38 heavy (non-hydrogen) atoms. The molecule has 0 spiro atoms. The lowest BCUT2D eigenvalue weighted by Crippen LogP contribution is -1.94. The predicted molar refractivity (Wildman–Crippen MR) is 169 cm³/mol. The van der Waals surface area contributed by atoms with Gasteiger partial charge in [-0.3, -0.25) is 4.98 Å². The van der Waals surface area contributed by atoms with E-state index in [9.17, 15) is 0 Å². The molecule has 0 aliphatic heterocycles. The zero-order valence-corrected chi connectivity index (χ0v) is 22.6. The molecular weight excluding hydrogens is 575 g/mol. The van der Waals surface area contributed by atoms with Gasteiger partial charge in [0.2, 0.25) is 0 Å². The fraction of sp³-hybridized carbons (Fsp3) is 0. The van der Waals surface area contributed by atoms with E-state index in [4.69, 9.17) is 4.98 Å². The second kappa shape index (κ2) is 8.40. The smallest absolute Gasteiger partial charge is 0.0848 e. The highest BCUT2D eigenvalue weighted by Gasteiger charge is 2.19. The van der Waals surface area contributed by atoms with Crippen molar-refractivity contribution < 1.29 is 0 Å². The van der Waals surface area contributed by atoms with Crippen LogP contribution in [0.5, 0.6) is 0 Å². The number of fused-ring (bicyclic) bond motifs is 8. The van der Waals surface area contributed by atoms with Crippen LogP contribution in [0.25, 0.3) is 71.1 Å². The molecule has 0 atom stereocenters. The van der Waals surface area contributed by atoms with Crippen LogP contribution in [0.4, 0.5) is 0 Å². The monoisotopic (exact) mass is 596 g/mol. The summed E-state index contributed by atoms with van der Waals surface area (Å²) in [6.45, 7) is 0. The molecule has 178 valence electrons. The molecule has 0 aliphatic carbocycles. The first-order chi connectivity index (χ1) is 18.8. The molecule has 8 rings (SSSR count). The van der Waals surface area contributed by atoms with Gasteiger partial charge >= 0.3 is 0 Å². The molecule has 0 radical (unpaired) electrons. The minimum Gasteiger partial charge on any atom is -0.309 e. The number of nitrogens with zero attached hydrogens (tertiary/aromatic N) is 2. The summed E-state index contributed by atoms with van der Waals surface area (Å²) in [4.78, 5) is 4.87. The zero-order chi connectivity index (χ0) is 25.2. The number of benzene rings is 6. The van der Waals surface area contributed by atoms with Crippen molar-refractivity contribution in [1.29, 1.82) is 0 Å². The van der Waals surface area contributed by atoms with Crippen molar-refractivity contribution in [3.8, 4) is 16.8 Å². The Morgan fingerprint density at radius 2 is 1.29 bits per heavy atom. The largest absolute Gasteiger partial charge is 0.309 e. The summed E-state index contributed by atoms with van der Waals surface area (Å²) in [6, 6.07) is 43.7. The van der Waals surface area contributed by atoms with Crippen LogP contribution in [0.1, 0.15) is 0 Å². The van der Waals surface area contributed by atoms with Crippen molar-refractivity contribution in [1.82, 2.24) is 9.55 Å². The summed E-state index contributed by atoms with van der Waals surface area (Å²) in [7, 11) is 0. The maximum atomic E-state index is 4.87. The van der Waals surface area contributed by atoms with E-state index in [2.05, 4.69) is 142 Å². The number of para-hydroxylation sites is 2. The standard InChI is InChI=1S/C35H21IN2/c36-34-32(27-18-16-22-9-4-5-12-25(22)33(27)28-14-8-20-37-35(28)34)23-17-19-31-29(21-23)26-13-6-7-15-30(26)38(31)24-10-2-1-3-11-24/h1-21H. The van der Waals surface area contributed by atoms with E-state index in [-0.39, 0.29) is 0 Å². The summed E-state index contributed by atoms with van der Waals surface area (Å²) in [5.41, 5.74) is 7.12. The fourth-order valence-corrected chi connectivity index (χ4v) is 7.09.